The third-order valence-corrected chi connectivity index (χ3v) is 6.08. The van der Waals surface area contributed by atoms with Crippen LogP contribution in [0.25, 0.3) is 10.8 Å². The molecule has 21 heavy (non-hydrogen) atoms. The lowest BCUT2D eigenvalue weighted by molar-refractivity contribution is -0.113. The van der Waals surface area contributed by atoms with Crippen molar-refractivity contribution in [1.29, 1.82) is 0 Å². The number of hydrogen-bond acceptors (Lipinski definition) is 3. The van der Waals surface area contributed by atoms with Gasteiger partial charge in [-0.1, -0.05) is 42.5 Å². The van der Waals surface area contributed by atoms with Crippen molar-refractivity contribution in [3.05, 3.63) is 64.4 Å². The van der Waals surface area contributed by atoms with Gasteiger partial charge in [0.2, 0.25) is 5.91 Å². The van der Waals surface area contributed by atoms with Crippen molar-refractivity contribution < 1.29 is 4.79 Å². The van der Waals surface area contributed by atoms with Crippen LogP contribution in [0.15, 0.2) is 53.9 Å². The van der Waals surface area contributed by atoms with Crippen molar-refractivity contribution in [2.75, 3.05) is 11.1 Å². The molecule has 2 aromatic carbocycles. The number of rotatable bonds is 1. The molecule has 0 saturated heterocycles. The Bertz CT molecular complexity index is 819. The maximum absolute atomic E-state index is 11.9. The number of nitrogens with one attached hydrogen (secondary N) is 1. The molecule has 0 unspecified atom stereocenters. The maximum atomic E-state index is 11.9. The Balaban J connectivity index is 1.91. The second kappa shape index (κ2) is 5.20. The van der Waals surface area contributed by atoms with Crippen molar-refractivity contribution in [2.45, 2.75) is 5.25 Å². The van der Waals surface area contributed by atoms with Gasteiger partial charge < -0.3 is 5.32 Å². The minimum absolute atomic E-state index is 0.0855. The van der Waals surface area contributed by atoms with E-state index in [1.54, 1.807) is 23.1 Å². The number of benzene rings is 2. The number of carbonyl (C=O) groups is 1. The van der Waals surface area contributed by atoms with E-state index in [1.165, 1.54) is 21.2 Å². The zero-order chi connectivity index (χ0) is 14.2. The van der Waals surface area contributed by atoms with E-state index in [4.69, 9.17) is 0 Å². The number of amides is 1. The Labute approximate surface area is 131 Å². The van der Waals surface area contributed by atoms with Crippen LogP contribution in [0.1, 0.15) is 15.7 Å². The summed E-state index contributed by atoms with van der Waals surface area (Å²) < 4.78 is 0. The van der Waals surface area contributed by atoms with Crippen LogP contribution >= 0.6 is 23.1 Å². The fourth-order valence-electron chi connectivity index (χ4n) is 2.76. The highest BCUT2D eigenvalue weighted by Gasteiger charge is 2.26. The maximum Gasteiger partial charge on any atom is 0.234 e. The molecule has 0 fully saturated rings. The molecule has 3 aromatic rings. The molecule has 1 N–H and O–H groups in total. The van der Waals surface area contributed by atoms with E-state index in [2.05, 4.69) is 53.2 Å². The van der Waals surface area contributed by atoms with Crippen LogP contribution in [0.4, 0.5) is 5.69 Å². The second-order valence-electron chi connectivity index (χ2n) is 5.01. The van der Waals surface area contributed by atoms with Gasteiger partial charge >= 0.3 is 0 Å². The van der Waals surface area contributed by atoms with Crippen LogP contribution in [0, 0.1) is 0 Å². The third-order valence-electron chi connectivity index (χ3n) is 3.69. The summed E-state index contributed by atoms with van der Waals surface area (Å²) in [4.78, 5) is 13.1. The zero-order valence-corrected chi connectivity index (χ0v) is 12.8. The van der Waals surface area contributed by atoms with Crippen molar-refractivity contribution in [2.24, 2.45) is 0 Å². The minimum atomic E-state index is 0.0855. The first kappa shape index (κ1) is 12.9. The van der Waals surface area contributed by atoms with E-state index in [0.29, 0.717) is 5.75 Å². The fourth-order valence-corrected chi connectivity index (χ4v) is 5.03. The molecule has 1 aliphatic rings. The summed E-state index contributed by atoms with van der Waals surface area (Å²) in [6, 6.07) is 16.9. The number of carbonyl (C=O) groups excluding carboxylic acids is 1. The average Bonchev–Trinajstić information content (AvgIpc) is 2.89. The summed E-state index contributed by atoms with van der Waals surface area (Å²) in [5, 5.41) is 7.78. The lowest BCUT2D eigenvalue weighted by Gasteiger charge is -2.16. The van der Waals surface area contributed by atoms with Gasteiger partial charge in [-0.25, -0.2) is 0 Å². The topological polar surface area (TPSA) is 29.1 Å². The third kappa shape index (κ3) is 2.24. The Morgan fingerprint density at radius 2 is 1.90 bits per heavy atom. The van der Waals surface area contributed by atoms with Crippen LogP contribution in [-0.2, 0) is 4.79 Å². The molecular formula is C17H13NOS2. The smallest absolute Gasteiger partial charge is 0.234 e. The van der Waals surface area contributed by atoms with Crippen LogP contribution in [-0.4, -0.2) is 11.7 Å². The Kier molecular flexibility index (Phi) is 3.20. The van der Waals surface area contributed by atoms with E-state index >= 15 is 0 Å². The summed E-state index contributed by atoms with van der Waals surface area (Å²) >= 11 is 3.42. The molecule has 0 aliphatic carbocycles. The highest BCUT2D eigenvalue weighted by Crippen LogP contribution is 2.46. The molecule has 4 heteroatoms. The predicted molar refractivity (Wildman–Crippen MR) is 91.2 cm³/mol. The van der Waals surface area contributed by atoms with Gasteiger partial charge in [0.05, 0.1) is 16.7 Å². The van der Waals surface area contributed by atoms with E-state index in [0.717, 1.165) is 5.69 Å². The highest BCUT2D eigenvalue weighted by atomic mass is 32.2. The monoisotopic (exact) mass is 311 g/mol. The van der Waals surface area contributed by atoms with Crippen LogP contribution in [0.2, 0.25) is 0 Å². The summed E-state index contributed by atoms with van der Waals surface area (Å²) in [5.41, 5.74) is 2.26. The van der Waals surface area contributed by atoms with Gasteiger partial charge in [-0.05, 0) is 27.8 Å². The largest absolute Gasteiger partial charge is 0.324 e. The molecule has 2 nitrogen and oxygen atoms in total. The van der Waals surface area contributed by atoms with Crippen molar-refractivity contribution in [3.63, 3.8) is 0 Å². The Morgan fingerprint density at radius 3 is 2.86 bits per heavy atom. The summed E-state index contributed by atoms with van der Waals surface area (Å²) in [6.45, 7) is 0. The molecule has 0 radical (unpaired) electrons. The lowest BCUT2D eigenvalue weighted by Crippen LogP contribution is -2.11. The van der Waals surface area contributed by atoms with Crippen LogP contribution in [0.3, 0.4) is 0 Å². The highest BCUT2D eigenvalue weighted by molar-refractivity contribution is 8.00. The van der Waals surface area contributed by atoms with Gasteiger partial charge in [-0.2, -0.15) is 0 Å². The fraction of sp³-hybridized carbons (Fsp3) is 0.118. The first-order valence-electron chi connectivity index (χ1n) is 6.79. The molecule has 0 bridgehead atoms. The molecule has 1 amide bonds. The summed E-state index contributed by atoms with van der Waals surface area (Å²) in [6.07, 6.45) is 0. The van der Waals surface area contributed by atoms with Gasteiger partial charge in [-0.3, -0.25) is 4.79 Å². The van der Waals surface area contributed by atoms with Crippen molar-refractivity contribution >= 4 is 45.5 Å². The molecular weight excluding hydrogens is 298 g/mol. The molecule has 0 spiro atoms. The Morgan fingerprint density at radius 1 is 1.05 bits per heavy atom. The van der Waals surface area contributed by atoms with Gasteiger partial charge in [0, 0.05) is 4.88 Å². The van der Waals surface area contributed by atoms with Gasteiger partial charge in [0.15, 0.2) is 0 Å². The first-order chi connectivity index (χ1) is 10.3. The van der Waals surface area contributed by atoms with E-state index in [1.807, 2.05) is 6.07 Å². The number of thioether (sulfide) groups is 1. The average molecular weight is 311 g/mol. The number of fused-ring (bicyclic) bond motifs is 2. The first-order valence-corrected chi connectivity index (χ1v) is 8.72. The minimum Gasteiger partial charge on any atom is -0.324 e. The molecule has 0 saturated carbocycles. The molecule has 104 valence electrons. The molecule has 4 rings (SSSR count). The zero-order valence-electron chi connectivity index (χ0n) is 11.2. The normalized spacial score (nSPS) is 18.1. The van der Waals surface area contributed by atoms with E-state index < -0.39 is 0 Å². The number of thiophene rings is 1. The standard InChI is InChI=1S/C17H13NOS2/c19-15-10-21-16(17-14(18-15)8-9-20-17)13-7-3-5-11-4-1-2-6-12(11)13/h1-9,16H,10H2,(H,18,19)/t16-/m0/s1. The van der Waals surface area contributed by atoms with Crippen molar-refractivity contribution in [1.82, 2.24) is 0 Å². The molecule has 1 aliphatic heterocycles. The Hall–Kier alpha value is -1.78. The second-order valence-corrected chi connectivity index (χ2v) is 7.05. The predicted octanol–water partition coefficient (Wildman–Crippen LogP) is 4.68. The quantitative estimate of drug-likeness (QED) is 0.707. The molecule has 2 heterocycles. The molecule has 1 atom stereocenters. The van der Waals surface area contributed by atoms with Crippen LogP contribution < -0.4 is 5.32 Å². The van der Waals surface area contributed by atoms with E-state index in [-0.39, 0.29) is 11.2 Å². The van der Waals surface area contributed by atoms with Gasteiger partial charge in [0.1, 0.15) is 0 Å². The summed E-state index contributed by atoms with van der Waals surface area (Å²) in [5.74, 6) is 0.581. The van der Waals surface area contributed by atoms with Gasteiger partial charge in [0.25, 0.3) is 0 Å². The van der Waals surface area contributed by atoms with Crippen LogP contribution in [0.5, 0.6) is 0 Å². The number of anilines is 1. The van der Waals surface area contributed by atoms with E-state index in [9.17, 15) is 4.79 Å². The SMILES string of the molecule is O=C1CS[C@@H](c2cccc3ccccc23)c2sccc2N1. The number of hydrogen-bond donors (Lipinski definition) is 1. The lowest BCUT2D eigenvalue weighted by atomic mass is 10.0. The van der Waals surface area contributed by atoms with Gasteiger partial charge in [-0.15, -0.1) is 23.1 Å². The summed E-state index contributed by atoms with van der Waals surface area (Å²) in [7, 11) is 0. The van der Waals surface area contributed by atoms with Crippen molar-refractivity contribution in [3.8, 4) is 0 Å². The molecule has 1 aromatic heterocycles.